The van der Waals surface area contributed by atoms with Crippen LogP contribution < -0.4 is 5.56 Å². The molecule has 0 saturated heterocycles. The fourth-order valence-corrected chi connectivity index (χ4v) is 4.04. The summed E-state index contributed by atoms with van der Waals surface area (Å²) in [6.45, 7) is -0.0314. The van der Waals surface area contributed by atoms with Gasteiger partial charge in [0.25, 0.3) is 5.56 Å². The normalized spacial score (nSPS) is 10.8. The van der Waals surface area contributed by atoms with E-state index in [9.17, 15) is 18.4 Å². The molecule has 2 aromatic carbocycles. The minimum Gasteiger partial charge on any atom is -0.461 e. The SMILES string of the molecule is O=C(Cc1nc(SCc2ccc(F)cc2)[nH]c(=O)c1Cc1cncnc1)OCc1ccc(F)cc1. The molecule has 0 fully saturated rings. The van der Waals surface area contributed by atoms with Gasteiger partial charge < -0.3 is 9.72 Å². The zero-order chi connectivity index (χ0) is 24.6. The summed E-state index contributed by atoms with van der Waals surface area (Å²) in [5.41, 5.74) is 2.38. The first-order valence-corrected chi connectivity index (χ1v) is 11.6. The second kappa shape index (κ2) is 11.5. The Labute approximate surface area is 203 Å². The number of carbonyl (C=O) groups is 1. The number of benzene rings is 2. The quantitative estimate of drug-likeness (QED) is 0.213. The third-order valence-electron chi connectivity index (χ3n) is 4.99. The van der Waals surface area contributed by atoms with Crippen molar-refractivity contribution in [1.29, 1.82) is 0 Å². The molecule has 10 heteroatoms. The molecule has 178 valence electrons. The molecule has 0 amide bonds. The molecular weight excluding hydrogens is 474 g/mol. The van der Waals surface area contributed by atoms with E-state index < -0.39 is 5.97 Å². The van der Waals surface area contributed by atoms with Gasteiger partial charge in [-0.1, -0.05) is 36.0 Å². The van der Waals surface area contributed by atoms with Gasteiger partial charge in [-0.05, 0) is 41.0 Å². The molecule has 0 saturated carbocycles. The Morgan fingerprint density at radius 2 is 1.54 bits per heavy atom. The topological polar surface area (TPSA) is 97.8 Å². The average molecular weight is 495 g/mol. The van der Waals surface area contributed by atoms with Crippen LogP contribution in [0.2, 0.25) is 0 Å². The molecule has 35 heavy (non-hydrogen) atoms. The summed E-state index contributed by atoms with van der Waals surface area (Å²) in [4.78, 5) is 40.7. The van der Waals surface area contributed by atoms with Gasteiger partial charge in [-0.2, -0.15) is 0 Å². The van der Waals surface area contributed by atoms with Crippen molar-refractivity contribution in [3.8, 4) is 0 Å². The van der Waals surface area contributed by atoms with Gasteiger partial charge in [-0.3, -0.25) is 9.59 Å². The van der Waals surface area contributed by atoms with Crippen LogP contribution in [0, 0.1) is 11.6 Å². The van der Waals surface area contributed by atoms with E-state index in [4.69, 9.17) is 4.74 Å². The van der Waals surface area contributed by atoms with Crippen molar-refractivity contribution in [1.82, 2.24) is 19.9 Å². The van der Waals surface area contributed by atoms with Gasteiger partial charge in [-0.25, -0.2) is 23.7 Å². The lowest BCUT2D eigenvalue weighted by molar-refractivity contribution is -0.144. The number of aromatic amines is 1. The molecule has 0 atom stereocenters. The van der Waals surface area contributed by atoms with Gasteiger partial charge in [-0.15, -0.1) is 0 Å². The number of aromatic nitrogens is 4. The van der Waals surface area contributed by atoms with Crippen molar-refractivity contribution in [2.45, 2.75) is 30.4 Å². The highest BCUT2D eigenvalue weighted by Crippen LogP contribution is 2.20. The largest absolute Gasteiger partial charge is 0.461 e. The van der Waals surface area contributed by atoms with Gasteiger partial charge >= 0.3 is 5.97 Å². The van der Waals surface area contributed by atoms with E-state index in [1.165, 1.54) is 54.5 Å². The number of nitrogens with zero attached hydrogens (tertiary/aromatic N) is 3. The number of nitrogens with one attached hydrogen (secondary N) is 1. The summed E-state index contributed by atoms with van der Waals surface area (Å²) in [5.74, 6) is -0.842. The van der Waals surface area contributed by atoms with Crippen LogP contribution in [0.25, 0.3) is 0 Å². The summed E-state index contributed by atoms with van der Waals surface area (Å²) < 4.78 is 31.6. The van der Waals surface area contributed by atoms with Crippen LogP contribution in [0.3, 0.4) is 0 Å². The van der Waals surface area contributed by atoms with E-state index in [0.717, 1.165) is 5.56 Å². The van der Waals surface area contributed by atoms with Gasteiger partial charge in [0, 0.05) is 30.1 Å². The molecule has 0 spiro atoms. The van der Waals surface area contributed by atoms with Gasteiger partial charge in [0.05, 0.1) is 12.1 Å². The first-order valence-electron chi connectivity index (χ1n) is 10.6. The van der Waals surface area contributed by atoms with E-state index in [2.05, 4.69) is 19.9 Å². The van der Waals surface area contributed by atoms with E-state index in [-0.39, 0.29) is 42.3 Å². The number of H-pyrrole nitrogens is 1. The van der Waals surface area contributed by atoms with Crippen molar-refractivity contribution >= 4 is 17.7 Å². The van der Waals surface area contributed by atoms with Gasteiger partial charge in [0.15, 0.2) is 5.16 Å². The van der Waals surface area contributed by atoms with Crippen molar-refractivity contribution in [2.24, 2.45) is 0 Å². The number of esters is 1. The average Bonchev–Trinajstić information content (AvgIpc) is 2.86. The molecule has 0 radical (unpaired) electrons. The number of thioether (sulfide) groups is 1. The predicted octanol–water partition coefficient (Wildman–Crippen LogP) is 4.01. The molecule has 7 nitrogen and oxygen atoms in total. The first kappa shape index (κ1) is 24.2. The first-order chi connectivity index (χ1) is 17.0. The molecule has 0 unspecified atom stereocenters. The second-order valence-corrected chi connectivity index (χ2v) is 8.56. The Kier molecular flexibility index (Phi) is 7.94. The molecule has 4 aromatic rings. The zero-order valence-electron chi connectivity index (χ0n) is 18.4. The monoisotopic (exact) mass is 494 g/mol. The minimum atomic E-state index is -0.576. The Balaban J connectivity index is 1.53. The van der Waals surface area contributed by atoms with Crippen LogP contribution in [0.5, 0.6) is 0 Å². The van der Waals surface area contributed by atoms with Crippen molar-refractivity contribution in [3.05, 3.63) is 117 Å². The number of ether oxygens (including phenoxy) is 1. The molecule has 0 bridgehead atoms. The Morgan fingerprint density at radius 3 is 2.20 bits per heavy atom. The predicted molar refractivity (Wildman–Crippen MR) is 126 cm³/mol. The third-order valence-corrected chi connectivity index (χ3v) is 5.93. The van der Waals surface area contributed by atoms with Crippen LogP contribution >= 0.6 is 11.8 Å². The standard InChI is InChI=1S/C25H20F2N4O3S/c26-19-5-1-16(2-6-19)13-34-23(32)10-22-21(9-18-11-28-15-29-12-18)24(33)31-25(30-22)35-14-17-3-7-20(27)8-4-17/h1-8,11-12,15H,9-10,13-14H2,(H,30,31,33). The molecule has 0 aliphatic carbocycles. The Hall–Kier alpha value is -3.92. The lowest BCUT2D eigenvalue weighted by Gasteiger charge is -2.11. The number of hydrogen-bond donors (Lipinski definition) is 1. The molecule has 4 rings (SSSR count). The van der Waals surface area contributed by atoms with Crippen molar-refractivity contribution in [3.63, 3.8) is 0 Å². The van der Waals surface area contributed by atoms with Crippen molar-refractivity contribution < 1.29 is 18.3 Å². The summed E-state index contributed by atoms with van der Waals surface area (Å²) in [5, 5.41) is 0.328. The van der Waals surface area contributed by atoms with Gasteiger partial charge in [0.2, 0.25) is 0 Å². The summed E-state index contributed by atoms with van der Waals surface area (Å²) in [6, 6.07) is 11.6. The fraction of sp³-hybridized carbons (Fsp3) is 0.160. The molecular formula is C25H20F2N4O3S. The summed E-state index contributed by atoms with van der Waals surface area (Å²) in [6.07, 6.45) is 4.51. The smallest absolute Gasteiger partial charge is 0.312 e. The molecule has 2 aromatic heterocycles. The van der Waals surface area contributed by atoms with E-state index in [1.807, 2.05) is 0 Å². The van der Waals surface area contributed by atoms with Crippen molar-refractivity contribution in [2.75, 3.05) is 0 Å². The van der Waals surface area contributed by atoms with E-state index in [0.29, 0.717) is 27.6 Å². The van der Waals surface area contributed by atoms with Crippen LogP contribution in [0.1, 0.15) is 27.9 Å². The highest BCUT2D eigenvalue weighted by atomic mass is 32.2. The molecule has 0 aliphatic heterocycles. The molecule has 2 heterocycles. The highest BCUT2D eigenvalue weighted by Gasteiger charge is 2.17. The van der Waals surface area contributed by atoms with Gasteiger partial charge in [0.1, 0.15) is 24.6 Å². The molecule has 1 N–H and O–H groups in total. The number of carbonyl (C=O) groups excluding carboxylic acids is 1. The minimum absolute atomic E-state index is 0.0314. The number of rotatable bonds is 9. The van der Waals surface area contributed by atoms with E-state index >= 15 is 0 Å². The maximum Gasteiger partial charge on any atom is 0.312 e. The van der Waals surface area contributed by atoms with Crippen LogP contribution in [-0.4, -0.2) is 25.9 Å². The van der Waals surface area contributed by atoms with Crippen LogP contribution in [0.15, 0.2) is 77.2 Å². The van der Waals surface area contributed by atoms with E-state index in [1.54, 1.807) is 24.5 Å². The summed E-state index contributed by atoms with van der Waals surface area (Å²) in [7, 11) is 0. The Bertz CT molecular complexity index is 1350. The number of hydrogen-bond acceptors (Lipinski definition) is 7. The Morgan fingerprint density at radius 1 is 0.914 bits per heavy atom. The maximum absolute atomic E-state index is 13.2. The fourth-order valence-electron chi connectivity index (χ4n) is 3.21. The third kappa shape index (κ3) is 7.03. The lowest BCUT2D eigenvalue weighted by atomic mass is 10.1. The number of halogens is 2. The van der Waals surface area contributed by atoms with Crippen LogP contribution in [0.4, 0.5) is 8.78 Å². The maximum atomic E-state index is 13.2. The second-order valence-electron chi connectivity index (χ2n) is 7.60. The molecule has 0 aliphatic rings. The highest BCUT2D eigenvalue weighted by molar-refractivity contribution is 7.98. The zero-order valence-corrected chi connectivity index (χ0v) is 19.2. The summed E-state index contributed by atoms with van der Waals surface area (Å²) >= 11 is 1.26. The lowest BCUT2D eigenvalue weighted by Crippen LogP contribution is -2.22. The van der Waals surface area contributed by atoms with Crippen LogP contribution in [-0.2, 0) is 34.7 Å².